The summed E-state index contributed by atoms with van der Waals surface area (Å²) < 4.78 is 15.7. The minimum atomic E-state index is -1.36. The molecule has 0 bridgehead atoms. The number of carbonyl (C=O) groups excluding carboxylic acids is 1. The van der Waals surface area contributed by atoms with Crippen LogP contribution in [0.3, 0.4) is 0 Å². The molecule has 0 radical (unpaired) electrons. The van der Waals surface area contributed by atoms with Gasteiger partial charge in [-0.3, -0.25) is 5.32 Å². The van der Waals surface area contributed by atoms with Gasteiger partial charge < -0.3 is 25.1 Å². The smallest absolute Gasteiger partial charge is 0.412 e. The molecule has 0 aliphatic carbocycles. The van der Waals surface area contributed by atoms with Crippen molar-refractivity contribution in [3.8, 4) is 11.5 Å². The van der Waals surface area contributed by atoms with Crippen LogP contribution in [0.25, 0.3) is 0 Å². The molecule has 130 valence electrons. The van der Waals surface area contributed by atoms with Crippen LogP contribution in [0.2, 0.25) is 0 Å². The summed E-state index contributed by atoms with van der Waals surface area (Å²) in [6.07, 6.45) is -0.640. The van der Waals surface area contributed by atoms with Crippen molar-refractivity contribution < 1.29 is 24.1 Å². The Kier molecular flexibility index (Phi) is 5.85. The quantitative estimate of drug-likeness (QED) is 0.766. The Balaban J connectivity index is 3.30. The van der Waals surface area contributed by atoms with Crippen LogP contribution >= 0.6 is 0 Å². The first-order valence-electron chi connectivity index (χ1n) is 7.23. The SMILES string of the molecule is COc1cc(NC(=O)OC(C)(C)C)c(C(C)(O)CN)cc1OC. The predicted octanol–water partition coefficient (Wildman–Crippen LogP) is 2.22. The van der Waals surface area contributed by atoms with Crippen LogP contribution in [0.5, 0.6) is 11.5 Å². The van der Waals surface area contributed by atoms with E-state index in [0.29, 0.717) is 22.7 Å². The summed E-state index contributed by atoms with van der Waals surface area (Å²) in [6, 6.07) is 3.14. The number of carbonyl (C=O) groups is 1. The van der Waals surface area contributed by atoms with Gasteiger partial charge in [-0.15, -0.1) is 0 Å². The molecule has 1 aromatic rings. The molecule has 1 unspecified atom stereocenters. The molecular formula is C16H26N2O5. The normalized spacial score (nSPS) is 13.9. The van der Waals surface area contributed by atoms with Crippen LogP contribution in [0.15, 0.2) is 12.1 Å². The van der Waals surface area contributed by atoms with E-state index < -0.39 is 17.3 Å². The van der Waals surface area contributed by atoms with E-state index in [0.717, 1.165) is 0 Å². The summed E-state index contributed by atoms with van der Waals surface area (Å²) >= 11 is 0. The Hall–Kier alpha value is -1.99. The zero-order chi connectivity index (χ0) is 17.8. The highest BCUT2D eigenvalue weighted by molar-refractivity contribution is 5.87. The summed E-state index contributed by atoms with van der Waals surface area (Å²) in [4.78, 5) is 12.0. The molecular weight excluding hydrogens is 300 g/mol. The van der Waals surface area contributed by atoms with E-state index in [-0.39, 0.29) is 6.54 Å². The number of amides is 1. The van der Waals surface area contributed by atoms with E-state index in [2.05, 4.69) is 5.32 Å². The van der Waals surface area contributed by atoms with Gasteiger partial charge in [0.2, 0.25) is 0 Å². The molecule has 1 aromatic carbocycles. The van der Waals surface area contributed by atoms with Crippen molar-refractivity contribution in [2.75, 3.05) is 26.1 Å². The molecule has 1 atom stereocenters. The number of methoxy groups -OCH3 is 2. The third-order valence-corrected chi connectivity index (χ3v) is 3.14. The molecule has 0 aliphatic heterocycles. The van der Waals surface area contributed by atoms with Crippen LogP contribution < -0.4 is 20.5 Å². The average Bonchev–Trinajstić information content (AvgIpc) is 2.44. The van der Waals surface area contributed by atoms with Gasteiger partial charge in [0.25, 0.3) is 0 Å². The first-order valence-corrected chi connectivity index (χ1v) is 7.23. The Morgan fingerprint density at radius 1 is 1.17 bits per heavy atom. The summed E-state index contributed by atoms with van der Waals surface area (Å²) in [5, 5.41) is 13.1. The lowest BCUT2D eigenvalue weighted by Crippen LogP contribution is -2.33. The van der Waals surface area contributed by atoms with Gasteiger partial charge in [0.05, 0.1) is 19.9 Å². The number of benzene rings is 1. The second-order valence-corrected chi connectivity index (χ2v) is 6.36. The van der Waals surface area contributed by atoms with E-state index in [1.54, 1.807) is 39.8 Å². The van der Waals surface area contributed by atoms with E-state index in [4.69, 9.17) is 19.9 Å². The maximum absolute atomic E-state index is 12.0. The summed E-state index contributed by atoms with van der Waals surface area (Å²) in [6.45, 7) is 6.80. The number of anilines is 1. The lowest BCUT2D eigenvalue weighted by atomic mass is 9.93. The summed E-state index contributed by atoms with van der Waals surface area (Å²) in [7, 11) is 2.97. The van der Waals surface area contributed by atoms with Gasteiger partial charge in [-0.25, -0.2) is 4.79 Å². The highest BCUT2D eigenvalue weighted by Gasteiger charge is 2.28. The molecule has 1 rings (SSSR count). The molecule has 4 N–H and O–H groups in total. The lowest BCUT2D eigenvalue weighted by molar-refractivity contribution is 0.0623. The number of ether oxygens (including phenoxy) is 3. The third-order valence-electron chi connectivity index (χ3n) is 3.14. The fraction of sp³-hybridized carbons (Fsp3) is 0.562. The Bertz CT molecular complexity index is 564. The fourth-order valence-corrected chi connectivity index (χ4v) is 1.95. The van der Waals surface area contributed by atoms with E-state index >= 15 is 0 Å². The van der Waals surface area contributed by atoms with Crippen LogP contribution in [0.1, 0.15) is 33.3 Å². The van der Waals surface area contributed by atoms with Gasteiger partial charge in [0.1, 0.15) is 11.2 Å². The van der Waals surface area contributed by atoms with E-state index in [1.807, 2.05) is 0 Å². The maximum Gasteiger partial charge on any atom is 0.412 e. The van der Waals surface area contributed by atoms with Crippen molar-refractivity contribution in [2.45, 2.75) is 38.9 Å². The largest absolute Gasteiger partial charge is 0.493 e. The molecule has 0 fully saturated rings. The lowest BCUT2D eigenvalue weighted by Gasteiger charge is -2.27. The van der Waals surface area contributed by atoms with Crippen LogP contribution in [-0.4, -0.2) is 37.6 Å². The van der Waals surface area contributed by atoms with E-state index in [1.165, 1.54) is 14.2 Å². The predicted molar refractivity (Wildman–Crippen MR) is 88.0 cm³/mol. The number of nitrogens with one attached hydrogen (secondary N) is 1. The second-order valence-electron chi connectivity index (χ2n) is 6.36. The summed E-state index contributed by atoms with van der Waals surface area (Å²) in [5.74, 6) is 0.834. The molecule has 0 heterocycles. The minimum absolute atomic E-state index is 0.0362. The first-order chi connectivity index (χ1) is 10.5. The van der Waals surface area contributed by atoms with E-state index in [9.17, 15) is 9.90 Å². The molecule has 0 aromatic heterocycles. The second kappa shape index (κ2) is 7.06. The van der Waals surface area contributed by atoms with Crippen molar-refractivity contribution in [3.63, 3.8) is 0 Å². The fourth-order valence-electron chi connectivity index (χ4n) is 1.95. The standard InChI is InChI=1S/C16H26N2O5/c1-15(2,3)23-14(19)18-11-8-13(22-6)12(21-5)7-10(11)16(4,20)9-17/h7-8,20H,9,17H2,1-6H3,(H,18,19). The minimum Gasteiger partial charge on any atom is -0.493 e. The first kappa shape index (κ1) is 19.1. The van der Waals surface area contributed by atoms with Crippen molar-refractivity contribution in [3.05, 3.63) is 17.7 Å². The Morgan fingerprint density at radius 2 is 1.70 bits per heavy atom. The number of nitrogens with two attached hydrogens (primary N) is 1. The molecule has 7 heteroatoms. The van der Waals surface area contributed by atoms with Gasteiger partial charge in [-0.1, -0.05) is 0 Å². The van der Waals surface area contributed by atoms with Crippen molar-refractivity contribution in [2.24, 2.45) is 5.73 Å². The number of hydrogen-bond donors (Lipinski definition) is 3. The highest BCUT2D eigenvalue weighted by Crippen LogP contribution is 2.38. The molecule has 0 aliphatic rings. The topological polar surface area (TPSA) is 103 Å². The molecule has 0 spiro atoms. The van der Waals surface area contributed by atoms with Gasteiger partial charge in [-0.2, -0.15) is 0 Å². The Labute approximate surface area is 136 Å². The average molecular weight is 326 g/mol. The molecule has 7 nitrogen and oxygen atoms in total. The van der Waals surface area contributed by atoms with Crippen molar-refractivity contribution in [1.82, 2.24) is 0 Å². The molecule has 0 saturated heterocycles. The zero-order valence-electron chi connectivity index (χ0n) is 14.5. The van der Waals surface area contributed by atoms with Gasteiger partial charge in [0, 0.05) is 18.2 Å². The molecule has 0 saturated carbocycles. The van der Waals surface area contributed by atoms with Crippen LogP contribution in [0.4, 0.5) is 10.5 Å². The van der Waals surface area contributed by atoms with Gasteiger partial charge in [0.15, 0.2) is 11.5 Å². The number of hydrogen-bond acceptors (Lipinski definition) is 6. The number of rotatable bonds is 5. The Morgan fingerprint density at radius 3 is 2.13 bits per heavy atom. The molecule has 1 amide bonds. The van der Waals surface area contributed by atoms with Gasteiger partial charge >= 0.3 is 6.09 Å². The monoisotopic (exact) mass is 326 g/mol. The highest BCUT2D eigenvalue weighted by atomic mass is 16.6. The van der Waals surface area contributed by atoms with Crippen molar-refractivity contribution >= 4 is 11.8 Å². The summed E-state index contributed by atoms with van der Waals surface area (Å²) in [5.41, 5.74) is 4.38. The zero-order valence-corrected chi connectivity index (χ0v) is 14.5. The van der Waals surface area contributed by atoms with Crippen LogP contribution in [-0.2, 0) is 10.3 Å². The third kappa shape index (κ3) is 5.01. The van der Waals surface area contributed by atoms with Crippen molar-refractivity contribution in [1.29, 1.82) is 0 Å². The molecule has 23 heavy (non-hydrogen) atoms. The van der Waals surface area contributed by atoms with Crippen LogP contribution in [0, 0.1) is 0 Å². The van der Waals surface area contributed by atoms with Gasteiger partial charge in [-0.05, 0) is 33.8 Å². The maximum atomic E-state index is 12.0. The number of aliphatic hydroxyl groups is 1.